The average molecular weight is 180 g/mol. The predicted molar refractivity (Wildman–Crippen MR) is 49.2 cm³/mol. The number of halogens is 1. The van der Waals surface area contributed by atoms with Gasteiger partial charge in [0.25, 0.3) is 0 Å². The third-order valence-electron chi connectivity index (χ3n) is 2.33. The summed E-state index contributed by atoms with van der Waals surface area (Å²) in [6, 6.07) is 0. The minimum atomic E-state index is 0. The quantitative estimate of drug-likeness (QED) is 0.656. The molecule has 0 spiro atoms. The van der Waals surface area contributed by atoms with Crippen LogP contribution in [0.25, 0.3) is 0 Å². The van der Waals surface area contributed by atoms with E-state index in [2.05, 4.69) is 19.2 Å². The van der Waals surface area contributed by atoms with Crippen molar-refractivity contribution in [1.29, 1.82) is 0 Å². The van der Waals surface area contributed by atoms with Crippen molar-refractivity contribution in [3.8, 4) is 0 Å². The predicted octanol–water partition coefficient (Wildman–Crippen LogP) is 1.30. The summed E-state index contributed by atoms with van der Waals surface area (Å²) in [5.74, 6) is 1.32. The number of methoxy groups -OCH3 is 1. The fourth-order valence-electron chi connectivity index (χ4n) is 1.80. The molecule has 0 radical (unpaired) electrons. The summed E-state index contributed by atoms with van der Waals surface area (Å²) in [7, 11) is 1.81. The van der Waals surface area contributed by atoms with Gasteiger partial charge in [0, 0.05) is 20.2 Å². The highest BCUT2D eigenvalue weighted by molar-refractivity contribution is 5.85. The monoisotopic (exact) mass is 179 g/mol. The summed E-state index contributed by atoms with van der Waals surface area (Å²) in [6.45, 7) is 6.67. The van der Waals surface area contributed by atoms with Crippen LogP contribution in [0.2, 0.25) is 0 Å². The fourth-order valence-corrected chi connectivity index (χ4v) is 1.80. The van der Waals surface area contributed by atoms with Crippen molar-refractivity contribution in [1.82, 2.24) is 5.32 Å². The van der Waals surface area contributed by atoms with E-state index in [4.69, 9.17) is 4.74 Å². The van der Waals surface area contributed by atoms with E-state index in [0.29, 0.717) is 17.9 Å². The second-order valence-electron chi connectivity index (χ2n) is 3.31. The molecule has 1 fully saturated rings. The van der Waals surface area contributed by atoms with E-state index in [1.165, 1.54) is 0 Å². The van der Waals surface area contributed by atoms with Gasteiger partial charge >= 0.3 is 0 Å². The summed E-state index contributed by atoms with van der Waals surface area (Å²) in [6.07, 6.45) is 0.459. The number of ether oxygens (including phenoxy) is 1. The van der Waals surface area contributed by atoms with E-state index in [1.807, 2.05) is 7.11 Å². The molecule has 0 aromatic carbocycles. The smallest absolute Gasteiger partial charge is 0.0646 e. The average Bonchev–Trinajstić information content (AvgIpc) is 1.88. The van der Waals surface area contributed by atoms with Gasteiger partial charge in [0.15, 0.2) is 0 Å². The van der Waals surface area contributed by atoms with Crippen LogP contribution >= 0.6 is 12.4 Å². The summed E-state index contributed by atoms with van der Waals surface area (Å²) in [5, 5.41) is 3.37. The molecule has 0 amide bonds. The maximum Gasteiger partial charge on any atom is 0.0646 e. The topological polar surface area (TPSA) is 21.3 Å². The molecule has 2 nitrogen and oxygen atoms in total. The van der Waals surface area contributed by atoms with Gasteiger partial charge in [0.2, 0.25) is 0 Å². The summed E-state index contributed by atoms with van der Waals surface area (Å²) < 4.78 is 5.38. The maximum absolute atomic E-state index is 5.38. The molecule has 1 aliphatic rings. The van der Waals surface area contributed by atoms with Crippen LogP contribution in [0.1, 0.15) is 13.8 Å². The van der Waals surface area contributed by atoms with Crippen LogP contribution in [0.15, 0.2) is 0 Å². The highest BCUT2D eigenvalue weighted by Gasteiger charge is 2.26. The molecule has 1 heterocycles. The molecule has 1 rings (SSSR count). The lowest BCUT2D eigenvalue weighted by Gasteiger charge is -2.33. The first-order valence-corrected chi connectivity index (χ1v) is 3.99. The lowest BCUT2D eigenvalue weighted by molar-refractivity contribution is 0.00126. The van der Waals surface area contributed by atoms with Crippen molar-refractivity contribution in [3.63, 3.8) is 0 Å². The van der Waals surface area contributed by atoms with Gasteiger partial charge in [-0.15, -0.1) is 12.4 Å². The molecule has 0 aliphatic carbocycles. The molecule has 2 unspecified atom stereocenters. The van der Waals surface area contributed by atoms with Crippen molar-refractivity contribution in [2.75, 3.05) is 20.2 Å². The van der Waals surface area contributed by atoms with E-state index in [0.717, 1.165) is 13.1 Å². The molecule has 0 saturated carbocycles. The Hall–Kier alpha value is 0.210. The van der Waals surface area contributed by atoms with E-state index >= 15 is 0 Å². The third-order valence-corrected chi connectivity index (χ3v) is 2.33. The molecule has 0 aromatic heterocycles. The van der Waals surface area contributed by atoms with Crippen molar-refractivity contribution < 1.29 is 4.74 Å². The first-order valence-electron chi connectivity index (χ1n) is 3.99. The van der Waals surface area contributed by atoms with Crippen LogP contribution in [-0.4, -0.2) is 26.3 Å². The first-order chi connectivity index (χ1) is 4.75. The zero-order valence-corrected chi connectivity index (χ0v) is 8.28. The van der Waals surface area contributed by atoms with Crippen LogP contribution in [0.4, 0.5) is 0 Å². The van der Waals surface area contributed by atoms with Gasteiger partial charge in [-0.3, -0.25) is 0 Å². The molecular weight excluding hydrogens is 162 g/mol. The van der Waals surface area contributed by atoms with Gasteiger partial charge in [0.05, 0.1) is 6.10 Å². The van der Waals surface area contributed by atoms with E-state index in [9.17, 15) is 0 Å². The number of hydrogen-bond acceptors (Lipinski definition) is 2. The Labute approximate surface area is 75.1 Å². The zero-order valence-electron chi connectivity index (χ0n) is 7.46. The van der Waals surface area contributed by atoms with Gasteiger partial charge in [0.1, 0.15) is 0 Å². The Morgan fingerprint density at radius 1 is 1.18 bits per heavy atom. The van der Waals surface area contributed by atoms with Gasteiger partial charge in [-0.2, -0.15) is 0 Å². The second kappa shape index (κ2) is 4.96. The summed E-state index contributed by atoms with van der Waals surface area (Å²) in [5.41, 5.74) is 0. The van der Waals surface area contributed by atoms with Gasteiger partial charge in [-0.25, -0.2) is 0 Å². The van der Waals surface area contributed by atoms with E-state index in [1.54, 1.807) is 0 Å². The Balaban J connectivity index is 0.000001000. The largest absolute Gasteiger partial charge is 0.381 e. The van der Waals surface area contributed by atoms with Crippen LogP contribution < -0.4 is 5.32 Å². The number of piperidine rings is 1. The molecule has 3 heteroatoms. The highest BCUT2D eigenvalue weighted by Crippen LogP contribution is 2.18. The van der Waals surface area contributed by atoms with Gasteiger partial charge in [-0.1, -0.05) is 13.8 Å². The maximum atomic E-state index is 5.38. The minimum absolute atomic E-state index is 0. The zero-order chi connectivity index (χ0) is 7.56. The standard InChI is InChI=1S/C8H17NO.ClH/c1-6-4-9-5-7(2)8(6)10-3;/h6-9H,4-5H2,1-3H3;1H. The van der Waals surface area contributed by atoms with Crippen LogP contribution in [0.3, 0.4) is 0 Å². The number of hydrogen-bond donors (Lipinski definition) is 1. The normalized spacial score (nSPS) is 37.9. The molecule has 68 valence electrons. The van der Waals surface area contributed by atoms with Gasteiger partial charge in [-0.05, 0) is 11.8 Å². The van der Waals surface area contributed by atoms with E-state index in [-0.39, 0.29) is 12.4 Å². The molecular formula is C8H18ClNO. The lowest BCUT2D eigenvalue weighted by atomic mass is 9.90. The Kier molecular flexibility index (Phi) is 5.06. The van der Waals surface area contributed by atoms with Gasteiger partial charge < -0.3 is 10.1 Å². The lowest BCUT2D eigenvalue weighted by Crippen LogP contribution is -2.45. The molecule has 11 heavy (non-hydrogen) atoms. The molecule has 1 aliphatic heterocycles. The Morgan fingerprint density at radius 2 is 1.64 bits per heavy atom. The highest BCUT2D eigenvalue weighted by atomic mass is 35.5. The SMILES string of the molecule is COC1C(C)CNCC1C.Cl. The number of nitrogens with one attached hydrogen (secondary N) is 1. The number of rotatable bonds is 1. The summed E-state index contributed by atoms with van der Waals surface area (Å²) >= 11 is 0. The molecule has 0 aromatic rings. The van der Waals surface area contributed by atoms with Crippen molar-refractivity contribution in [2.45, 2.75) is 20.0 Å². The second-order valence-corrected chi connectivity index (χ2v) is 3.31. The first kappa shape index (κ1) is 11.2. The van der Waals surface area contributed by atoms with Crippen LogP contribution in [0.5, 0.6) is 0 Å². The minimum Gasteiger partial charge on any atom is -0.381 e. The molecule has 2 atom stereocenters. The molecule has 1 saturated heterocycles. The summed E-state index contributed by atoms with van der Waals surface area (Å²) in [4.78, 5) is 0. The van der Waals surface area contributed by atoms with Crippen molar-refractivity contribution in [2.24, 2.45) is 11.8 Å². The van der Waals surface area contributed by atoms with E-state index < -0.39 is 0 Å². The fraction of sp³-hybridized carbons (Fsp3) is 1.00. The van der Waals surface area contributed by atoms with Crippen LogP contribution in [0, 0.1) is 11.8 Å². The van der Waals surface area contributed by atoms with Crippen LogP contribution in [-0.2, 0) is 4.74 Å². The van der Waals surface area contributed by atoms with Crippen molar-refractivity contribution in [3.05, 3.63) is 0 Å². The molecule has 1 N–H and O–H groups in total. The Morgan fingerprint density at radius 3 is 1.91 bits per heavy atom. The Bertz CT molecular complexity index is 100. The van der Waals surface area contributed by atoms with Crippen molar-refractivity contribution >= 4 is 12.4 Å². The molecule has 0 bridgehead atoms. The third kappa shape index (κ3) is 2.62.